The molecular weight excluding hydrogens is 310 g/mol. The summed E-state index contributed by atoms with van der Waals surface area (Å²) in [4.78, 5) is 18.0. The third-order valence-electron chi connectivity index (χ3n) is 3.31. The highest BCUT2D eigenvalue weighted by Gasteiger charge is 2.07. The maximum Gasteiger partial charge on any atom is 0.274 e. The zero-order valence-electron chi connectivity index (χ0n) is 12.9. The fraction of sp³-hybridized carbons (Fsp3) is 0.188. The summed E-state index contributed by atoms with van der Waals surface area (Å²) < 4.78 is 0. The second kappa shape index (κ2) is 6.62. The number of rotatable bonds is 5. The molecule has 7 heteroatoms. The molecule has 0 aliphatic heterocycles. The number of H-pyrrole nitrogens is 1. The minimum atomic E-state index is -0.223. The molecule has 0 unspecified atom stereocenters. The van der Waals surface area contributed by atoms with Gasteiger partial charge < -0.3 is 10.2 Å². The average molecular weight is 327 g/mol. The van der Waals surface area contributed by atoms with E-state index in [0.29, 0.717) is 18.1 Å². The van der Waals surface area contributed by atoms with Crippen LogP contribution in [0.4, 0.5) is 17.3 Å². The molecule has 3 rings (SSSR count). The summed E-state index contributed by atoms with van der Waals surface area (Å²) >= 11 is 1.60. The second-order valence-electron chi connectivity index (χ2n) is 5.28. The van der Waals surface area contributed by atoms with Crippen LogP contribution in [0.25, 0.3) is 0 Å². The summed E-state index contributed by atoms with van der Waals surface area (Å²) in [6, 6.07) is 11.8. The van der Waals surface area contributed by atoms with Crippen LogP contribution in [0.3, 0.4) is 0 Å². The second-order valence-corrected chi connectivity index (χ2v) is 6.31. The van der Waals surface area contributed by atoms with Crippen molar-refractivity contribution in [1.82, 2.24) is 15.2 Å². The quantitative estimate of drug-likeness (QED) is 0.753. The Bertz CT molecular complexity index is 842. The van der Waals surface area contributed by atoms with Gasteiger partial charge in [0.2, 0.25) is 5.95 Å². The van der Waals surface area contributed by atoms with Gasteiger partial charge in [0.1, 0.15) is 5.69 Å². The van der Waals surface area contributed by atoms with Crippen molar-refractivity contribution in [2.75, 3.05) is 24.3 Å². The molecule has 1 aromatic carbocycles. The standard InChI is InChI=1S/C16H17N5OS/c1-21(2)12-6-3-5-11(9-12)17-16-18-15(22)14(19-20-16)10-13-7-4-8-23-13/h3-9H,10H2,1-2H3,(H2,17,18,20,22). The molecule has 0 fully saturated rings. The fourth-order valence-corrected chi connectivity index (χ4v) is 2.82. The maximum absolute atomic E-state index is 12.1. The molecule has 0 aliphatic rings. The number of hydrogen-bond acceptors (Lipinski definition) is 6. The Hall–Kier alpha value is -2.67. The first kappa shape index (κ1) is 15.2. The highest BCUT2D eigenvalue weighted by Crippen LogP contribution is 2.19. The molecule has 0 spiro atoms. The summed E-state index contributed by atoms with van der Waals surface area (Å²) in [7, 11) is 3.94. The van der Waals surface area contributed by atoms with E-state index in [9.17, 15) is 4.79 Å². The van der Waals surface area contributed by atoms with E-state index in [1.807, 2.05) is 60.8 Å². The third-order valence-corrected chi connectivity index (χ3v) is 4.19. The predicted octanol–water partition coefficient (Wildman–Crippen LogP) is 2.63. The number of benzene rings is 1. The van der Waals surface area contributed by atoms with Crippen molar-refractivity contribution in [2.45, 2.75) is 6.42 Å². The summed E-state index contributed by atoms with van der Waals surface area (Å²) in [5.41, 5.74) is 2.09. The van der Waals surface area contributed by atoms with Crippen molar-refractivity contribution in [3.05, 3.63) is 62.7 Å². The number of nitrogens with one attached hydrogen (secondary N) is 2. The Balaban J connectivity index is 1.78. The van der Waals surface area contributed by atoms with Crippen molar-refractivity contribution < 1.29 is 0 Å². The molecule has 0 atom stereocenters. The minimum Gasteiger partial charge on any atom is -0.378 e. The van der Waals surface area contributed by atoms with Crippen LogP contribution in [-0.4, -0.2) is 29.3 Å². The monoisotopic (exact) mass is 327 g/mol. The number of nitrogens with zero attached hydrogens (tertiary/aromatic N) is 3. The fourth-order valence-electron chi connectivity index (χ4n) is 2.11. The summed E-state index contributed by atoms with van der Waals surface area (Å²) in [6.45, 7) is 0. The summed E-state index contributed by atoms with van der Waals surface area (Å²) in [6.07, 6.45) is 0.496. The molecule has 2 N–H and O–H groups in total. The lowest BCUT2D eigenvalue weighted by molar-refractivity contribution is 0.879. The normalized spacial score (nSPS) is 10.5. The van der Waals surface area contributed by atoms with Crippen LogP contribution >= 0.6 is 11.3 Å². The molecule has 0 radical (unpaired) electrons. The van der Waals surface area contributed by atoms with Crippen LogP contribution in [-0.2, 0) is 6.42 Å². The number of aromatic amines is 1. The van der Waals surface area contributed by atoms with Crippen LogP contribution in [0.1, 0.15) is 10.6 Å². The van der Waals surface area contributed by atoms with Crippen molar-refractivity contribution in [1.29, 1.82) is 0 Å². The van der Waals surface area contributed by atoms with Crippen molar-refractivity contribution in [3.8, 4) is 0 Å². The van der Waals surface area contributed by atoms with Gasteiger partial charge in [-0.15, -0.1) is 21.5 Å². The molecule has 23 heavy (non-hydrogen) atoms. The van der Waals surface area contributed by atoms with E-state index in [4.69, 9.17) is 0 Å². The first-order valence-corrected chi connectivity index (χ1v) is 8.02. The van der Waals surface area contributed by atoms with E-state index in [-0.39, 0.29) is 5.56 Å². The lowest BCUT2D eigenvalue weighted by Crippen LogP contribution is -2.18. The Morgan fingerprint density at radius 2 is 2.09 bits per heavy atom. The van der Waals surface area contributed by atoms with Gasteiger partial charge in [-0.3, -0.25) is 9.78 Å². The Morgan fingerprint density at radius 1 is 1.22 bits per heavy atom. The number of anilines is 3. The topological polar surface area (TPSA) is 73.9 Å². The van der Waals surface area contributed by atoms with Gasteiger partial charge in [-0.2, -0.15) is 0 Å². The molecule has 3 aromatic rings. The van der Waals surface area contributed by atoms with Crippen molar-refractivity contribution in [2.24, 2.45) is 0 Å². The van der Waals surface area contributed by atoms with Crippen LogP contribution in [0.15, 0.2) is 46.6 Å². The Morgan fingerprint density at radius 3 is 2.78 bits per heavy atom. The zero-order chi connectivity index (χ0) is 16.2. The molecule has 0 aliphatic carbocycles. The van der Waals surface area contributed by atoms with E-state index >= 15 is 0 Å². The lowest BCUT2D eigenvalue weighted by Gasteiger charge is -2.14. The highest BCUT2D eigenvalue weighted by atomic mass is 32.1. The van der Waals surface area contributed by atoms with E-state index in [1.165, 1.54) is 0 Å². The maximum atomic E-state index is 12.1. The largest absolute Gasteiger partial charge is 0.378 e. The molecule has 0 saturated heterocycles. The van der Waals surface area contributed by atoms with Crippen LogP contribution < -0.4 is 15.8 Å². The summed E-state index contributed by atoms with van der Waals surface area (Å²) in [5.74, 6) is 0.334. The van der Waals surface area contributed by atoms with Crippen LogP contribution in [0.2, 0.25) is 0 Å². The van der Waals surface area contributed by atoms with Gasteiger partial charge in [0.15, 0.2) is 0 Å². The van der Waals surface area contributed by atoms with Gasteiger partial charge in [0.25, 0.3) is 5.56 Å². The molecule has 118 valence electrons. The predicted molar refractivity (Wildman–Crippen MR) is 93.8 cm³/mol. The summed E-state index contributed by atoms with van der Waals surface area (Å²) in [5, 5.41) is 13.2. The van der Waals surface area contributed by atoms with E-state index in [0.717, 1.165) is 16.3 Å². The van der Waals surface area contributed by atoms with E-state index in [1.54, 1.807) is 11.3 Å². The smallest absolute Gasteiger partial charge is 0.274 e. The van der Waals surface area contributed by atoms with Gasteiger partial charge in [-0.25, -0.2) is 0 Å². The molecule has 0 saturated carbocycles. The van der Waals surface area contributed by atoms with Gasteiger partial charge in [-0.05, 0) is 29.6 Å². The molecule has 0 amide bonds. The molecule has 6 nitrogen and oxygen atoms in total. The van der Waals surface area contributed by atoms with Crippen LogP contribution in [0, 0.1) is 0 Å². The van der Waals surface area contributed by atoms with Crippen molar-refractivity contribution >= 4 is 28.7 Å². The zero-order valence-corrected chi connectivity index (χ0v) is 13.7. The molecular formula is C16H17N5OS. The molecule has 2 heterocycles. The number of thiophene rings is 1. The van der Waals surface area contributed by atoms with E-state index < -0.39 is 0 Å². The highest BCUT2D eigenvalue weighted by molar-refractivity contribution is 7.09. The Kier molecular flexibility index (Phi) is 4.38. The number of hydrogen-bond donors (Lipinski definition) is 2. The lowest BCUT2D eigenvalue weighted by atomic mass is 10.2. The molecule has 2 aromatic heterocycles. The first-order valence-electron chi connectivity index (χ1n) is 7.14. The van der Waals surface area contributed by atoms with Crippen LogP contribution in [0.5, 0.6) is 0 Å². The Labute approximate surface area is 137 Å². The third kappa shape index (κ3) is 3.75. The number of aromatic nitrogens is 3. The van der Waals surface area contributed by atoms with Gasteiger partial charge in [-0.1, -0.05) is 12.1 Å². The van der Waals surface area contributed by atoms with Gasteiger partial charge >= 0.3 is 0 Å². The average Bonchev–Trinajstić information content (AvgIpc) is 3.03. The van der Waals surface area contributed by atoms with Crippen molar-refractivity contribution in [3.63, 3.8) is 0 Å². The first-order chi connectivity index (χ1) is 11.1. The van der Waals surface area contributed by atoms with Gasteiger partial charge in [0.05, 0.1) is 0 Å². The minimum absolute atomic E-state index is 0.223. The van der Waals surface area contributed by atoms with E-state index in [2.05, 4.69) is 20.5 Å². The SMILES string of the molecule is CN(C)c1cccc(Nc2nnc(Cc3cccs3)c(=O)[nH]2)c1. The van der Waals surface area contributed by atoms with Gasteiger partial charge in [0, 0.05) is 36.8 Å². The molecule has 0 bridgehead atoms.